The van der Waals surface area contributed by atoms with E-state index in [0.29, 0.717) is 29.8 Å². The average Bonchev–Trinajstić information content (AvgIpc) is 3.07. The molecule has 0 bridgehead atoms. The van der Waals surface area contributed by atoms with Crippen LogP contribution in [0.1, 0.15) is 10.4 Å². The zero-order valence-electron chi connectivity index (χ0n) is 14.2. The maximum absolute atomic E-state index is 12.7. The minimum atomic E-state index is -3.79. The Labute approximate surface area is 151 Å². The number of amides is 1. The van der Waals surface area contributed by atoms with E-state index in [0.717, 1.165) is 5.52 Å². The number of carbonyl (C=O) groups excluding carboxylic acids is 1. The third-order valence-corrected chi connectivity index (χ3v) is 5.23. The molecule has 3 rings (SSSR count). The van der Waals surface area contributed by atoms with Crippen molar-refractivity contribution in [1.29, 1.82) is 0 Å². The molecule has 3 N–H and O–H groups in total. The molecule has 1 heterocycles. The predicted octanol–water partition coefficient (Wildman–Crippen LogP) is 2.34. The Morgan fingerprint density at radius 2 is 1.96 bits per heavy atom. The lowest BCUT2D eigenvalue weighted by molar-refractivity contribution is 0.0937. The van der Waals surface area contributed by atoms with Crippen molar-refractivity contribution in [2.24, 2.45) is 0 Å². The number of para-hydroxylation sites is 1. The quantitative estimate of drug-likeness (QED) is 0.554. The standard InChI is InChI=1S/C18H19N3O4S/c1-25-10-9-19-18(22)13-5-4-6-14(11-13)21-26(23,24)17-12-20-16-8-3-2-7-15(16)17/h2-8,11-12,20-21H,9-10H2,1H3,(H,19,22). The monoisotopic (exact) mass is 373 g/mol. The molecule has 2 aromatic carbocycles. The van der Waals surface area contributed by atoms with Crippen molar-refractivity contribution in [3.63, 3.8) is 0 Å². The van der Waals surface area contributed by atoms with Crippen molar-refractivity contribution in [1.82, 2.24) is 10.3 Å². The summed E-state index contributed by atoms with van der Waals surface area (Å²) in [5, 5.41) is 3.30. The fourth-order valence-corrected chi connectivity index (χ4v) is 3.80. The van der Waals surface area contributed by atoms with Crippen LogP contribution in [0, 0.1) is 0 Å². The molecule has 3 aromatic rings. The van der Waals surface area contributed by atoms with E-state index in [1.165, 1.54) is 12.3 Å². The van der Waals surface area contributed by atoms with Gasteiger partial charge in [-0.15, -0.1) is 0 Å². The van der Waals surface area contributed by atoms with Crippen LogP contribution in [-0.2, 0) is 14.8 Å². The Kier molecular flexibility index (Phi) is 5.24. The number of hydrogen-bond acceptors (Lipinski definition) is 4. The molecule has 1 amide bonds. The van der Waals surface area contributed by atoms with Gasteiger partial charge in [0.05, 0.1) is 6.61 Å². The van der Waals surface area contributed by atoms with Gasteiger partial charge in [-0.1, -0.05) is 24.3 Å². The number of fused-ring (bicyclic) bond motifs is 1. The molecule has 136 valence electrons. The number of sulfonamides is 1. The molecule has 0 spiro atoms. The zero-order chi connectivity index (χ0) is 18.6. The molecule has 0 aliphatic rings. The number of hydrogen-bond donors (Lipinski definition) is 3. The van der Waals surface area contributed by atoms with E-state index in [1.807, 2.05) is 6.07 Å². The zero-order valence-corrected chi connectivity index (χ0v) is 15.0. The Hall–Kier alpha value is -2.84. The number of nitrogens with one attached hydrogen (secondary N) is 3. The molecule has 0 saturated heterocycles. The number of benzene rings is 2. The largest absolute Gasteiger partial charge is 0.383 e. The molecule has 1 aromatic heterocycles. The number of anilines is 1. The van der Waals surface area contributed by atoms with Gasteiger partial charge in [0.15, 0.2) is 0 Å². The van der Waals surface area contributed by atoms with Crippen LogP contribution in [-0.4, -0.2) is 39.6 Å². The first-order valence-electron chi connectivity index (χ1n) is 7.97. The second kappa shape index (κ2) is 7.59. The minimum absolute atomic E-state index is 0.156. The SMILES string of the molecule is COCCNC(=O)c1cccc(NS(=O)(=O)c2c[nH]c3ccccc23)c1. The molecule has 0 radical (unpaired) electrons. The van der Waals surface area contributed by atoms with Gasteiger partial charge in [0.1, 0.15) is 4.90 Å². The number of aromatic nitrogens is 1. The van der Waals surface area contributed by atoms with Gasteiger partial charge in [-0.25, -0.2) is 8.42 Å². The van der Waals surface area contributed by atoms with Gasteiger partial charge in [-0.3, -0.25) is 9.52 Å². The summed E-state index contributed by atoms with van der Waals surface area (Å²) in [7, 11) is -2.25. The molecule has 0 atom stereocenters. The molecular formula is C18H19N3O4S. The van der Waals surface area contributed by atoms with E-state index in [1.54, 1.807) is 43.5 Å². The molecule has 0 aliphatic heterocycles. The van der Waals surface area contributed by atoms with Gasteiger partial charge in [-0.05, 0) is 24.3 Å². The summed E-state index contributed by atoms with van der Waals surface area (Å²) < 4.78 is 32.8. The molecule has 0 saturated carbocycles. The van der Waals surface area contributed by atoms with Crippen molar-refractivity contribution in [3.05, 3.63) is 60.3 Å². The Balaban J connectivity index is 1.82. The van der Waals surface area contributed by atoms with Gasteiger partial charge in [0, 0.05) is 42.0 Å². The van der Waals surface area contributed by atoms with Crippen LogP contribution < -0.4 is 10.0 Å². The lowest BCUT2D eigenvalue weighted by Crippen LogP contribution is -2.27. The third kappa shape index (κ3) is 3.87. The molecule has 26 heavy (non-hydrogen) atoms. The number of H-pyrrole nitrogens is 1. The molecular weight excluding hydrogens is 354 g/mol. The normalized spacial score (nSPS) is 11.4. The topological polar surface area (TPSA) is 100 Å². The van der Waals surface area contributed by atoms with Crippen LogP contribution in [0.25, 0.3) is 10.9 Å². The van der Waals surface area contributed by atoms with Crippen molar-refractivity contribution in [3.8, 4) is 0 Å². The summed E-state index contributed by atoms with van der Waals surface area (Å²) in [6, 6.07) is 13.5. The summed E-state index contributed by atoms with van der Waals surface area (Å²) in [5.74, 6) is -0.296. The van der Waals surface area contributed by atoms with Crippen LogP contribution >= 0.6 is 0 Å². The summed E-state index contributed by atoms with van der Waals surface area (Å²) in [4.78, 5) is 15.2. The lowest BCUT2D eigenvalue weighted by atomic mass is 10.2. The highest BCUT2D eigenvalue weighted by molar-refractivity contribution is 7.93. The van der Waals surface area contributed by atoms with Gasteiger partial charge in [0.2, 0.25) is 0 Å². The highest BCUT2D eigenvalue weighted by atomic mass is 32.2. The number of rotatable bonds is 7. The van der Waals surface area contributed by atoms with Gasteiger partial charge >= 0.3 is 0 Å². The van der Waals surface area contributed by atoms with Gasteiger partial charge in [0.25, 0.3) is 15.9 Å². The van der Waals surface area contributed by atoms with Crippen LogP contribution in [0.4, 0.5) is 5.69 Å². The Morgan fingerprint density at radius 3 is 2.77 bits per heavy atom. The van der Waals surface area contributed by atoms with Crippen molar-refractivity contribution in [2.45, 2.75) is 4.90 Å². The third-order valence-electron chi connectivity index (χ3n) is 3.81. The van der Waals surface area contributed by atoms with E-state index in [-0.39, 0.29) is 10.8 Å². The minimum Gasteiger partial charge on any atom is -0.383 e. The summed E-state index contributed by atoms with van der Waals surface area (Å²) >= 11 is 0. The predicted molar refractivity (Wildman–Crippen MR) is 99.8 cm³/mol. The summed E-state index contributed by atoms with van der Waals surface area (Å²) in [6.07, 6.45) is 1.45. The van der Waals surface area contributed by atoms with E-state index in [9.17, 15) is 13.2 Å². The highest BCUT2D eigenvalue weighted by Crippen LogP contribution is 2.24. The van der Waals surface area contributed by atoms with Crippen molar-refractivity contribution >= 4 is 32.5 Å². The van der Waals surface area contributed by atoms with E-state index in [2.05, 4.69) is 15.0 Å². The smallest absolute Gasteiger partial charge is 0.264 e. The van der Waals surface area contributed by atoms with Crippen molar-refractivity contribution in [2.75, 3.05) is 25.0 Å². The molecule has 7 nitrogen and oxygen atoms in total. The Bertz CT molecular complexity index is 1030. The first-order valence-corrected chi connectivity index (χ1v) is 9.46. The molecule has 8 heteroatoms. The Morgan fingerprint density at radius 1 is 1.15 bits per heavy atom. The van der Waals surface area contributed by atoms with Gasteiger partial charge in [-0.2, -0.15) is 0 Å². The summed E-state index contributed by atoms with van der Waals surface area (Å²) in [6.45, 7) is 0.777. The molecule has 0 aliphatic carbocycles. The van der Waals surface area contributed by atoms with Crippen molar-refractivity contribution < 1.29 is 17.9 Å². The second-order valence-electron chi connectivity index (χ2n) is 5.63. The van der Waals surface area contributed by atoms with E-state index >= 15 is 0 Å². The second-order valence-corrected chi connectivity index (χ2v) is 7.28. The van der Waals surface area contributed by atoms with E-state index in [4.69, 9.17) is 4.74 Å². The summed E-state index contributed by atoms with van der Waals surface area (Å²) in [5.41, 5.74) is 1.41. The van der Waals surface area contributed by atoms with Gasteiger partial charge < -0.3 is 15.0 Å². The number of aromatic amines is 1. The maximum Gasteiger partial charge on any atom is 0.264 e. The van der Waals surface area contributed by atoms with Crippen LogP contribution in [0.2, 0.25) is 0 Å². The van der Waals surface area contributed by atoms with Crippen LogP contribution in [0.5, 0.6) is 0 Å². The van der Waals surface area contributed by atoms with E-state index < -0.39 is 10.0 Å². The number of ether oxygens (including phenoxy) is 1. The fourth-order valence-electron chi connectivity index (χ4n) is 2.57. The fraction of sp³-hybridized carbons (Fsp3) is 0.167. The number of carbonyl (C=O) groups is 1. The number of methoxy groups -OCH3 is 1. The average molecular weight is 373 g/mol. The first-order chi connectivity index (χ1) is 12.5. The van der Waals surface area contributed by atoms with Crippen LogP contribution in [0.3, 0.4) is 0 Å². The lowest BCUT2D eigenvalue weighted by Gasteiger charge is -2.09. The van der Waals surface area contributed by atoms with Crippen LogP contribution in [0.15, 0.2) is 59.6 Å². The first kappa shape index (κ1) is 18.0. The molecule has 0 fully saturated rings. The molecule has 0 unspecified atom stereocenters. The maximum atomic E-state index is 12.7. The highest BCUT2D eigenvalue weighted by Gasteiger charge is 2.19.